The van der Waals surface area contributed by atoms with Gasteiger partial charge in [-0.05, 0) is 48.9 Å². The summed E-state index contributed by atoms with van der Waals surface area (Å²) in [6, 6.07) is 13.6. The van der Waals surface area contributed by atoms with E-state index in [1.807, 2.05) is 12.1 Å². The number of benzene rings is 2. The van der Waals surface area contributed by atoms with E-state index in [0.29, 0.717) is 10.7 Å². The van der Waals surface area contributed by atoms with Crippen molar-refractivity contribution in [3.63, 3.8) is 0 Å². The molecule has 2 aromatic rings. The van der Waals surface area contributed by atoms with Gasteiger partial charge in [0.25, 0.3) is 0 Å². The molecular weight excluding hydrogens is 380 g/mol. The molecule has 1 N–H and O–H groups in total. The van der Waals surface area contributed by atoms with E-state index in [1.54, 1.807) is 31.2 Å². The maximum absolute atomic E-state index is 11.9. The highest BCUT2D eigenvalue weighted by molar-refractivity contribution is 8.00. The number of amides is 1. The van der Waals surface area contributed by atoms with Gasteiger partial charge in [-0.15, -0.1) is 11.8 Å². The van der Waals surface area contributed by atoms with E-state index in [1.165, 1.54) is 23.9 Å². The molecule has 0 fully saturated rings. The Morgan fingerprint density at radius 3 is 2.28 bits per heavy atom. The standard InChI is InChI=1S/C17H17ClN2O3S2/c1-12(13-3-9-16(10-4-13)25(2,22)23)19-20-17(21)11-24-15-7-5-14(18)6-8-15/h3-10H,11H2,1-2H3,(H,20,21)/b19-12-. The van der Waals surface area contributed by atoms with Gasteiger partial charge in [-0.3, -0.25) is 4.79 Å². The number of nitrogens with zero attached hydrogens (tertiary/aromatic N) is 1. The van der Waals surface area contributed by atoms with E-state index in [2.05, 4.69) is 10.5 Å². The predicted octanol–water partition coefficient (Wildman–Crippen LogP) is 3.38. The molecule has 1 amide bonds. The molecule has 2 rings (SSSR count). The van der Waals surface area contributed by atoms with E-state index in [0.717, 1.165) is 16.7 Å². The first kappa shape index (κ1) is 19.5. The lowest BCUT2D eigenvalue weighted by Crippen LogP contribution is -2.21. The summed E-state index contributed by atoms with van der Waals surface area (Å²) in [7, 11) is -3.23. The van der Waals surface area contributed by atoms with Crippen molar-refractivity contribution in [2.24, 2.45) is 5.10 Å². The first-order valence-electron chi connectivity index (χ1n) is 7.28. The van der Waals surface area contributed by atoms with Gasteiger partial charge >= 0.3 is 0 Å². The number of hydrogen-bond donors (Lipinski definition) is 1. The number of hydrazone groups is 1. The smallest absolute Gasteiger partial charge is 0.250 e. The Morgan fingerprint density at radius 2 is 1.72 bits per heavy atom. The van der Waals surface area contributed by atoms with Crippen LogP contribution in [0.25, 0.3) is 0 Å². The van der Waals surface area contributed by atoms with Crippen LogP contribution in [0.3, 0.4) is 0 Å². The Morgan fingerprint density at radius 1 is 1.12 bits per heavy atom. The quantitative estimate of drug-likeness (QED) is 0.461. The first-order valence-corrected chi connectivity index (χ1v) is 10.5. The summed E-state index contributed by atoms with van der Waals surface area (Å²) in [6.45, 7) is 1.74. The third-order valence-electron chi connectivity index (χ3n) is 3.23. The number of thioether (sulfide) groups is 1. The van der Waals surface area contributed by atoms with Crippen LogP contribution in [0.2, 0.25) is 5.02 Å². The topological polar surface area (TPSA) is 75.6 Å². The second-order valence-corrected chi connectivity index (χ2v) is 8.77. The lowest BCUT2D eigenvalue weighted by atomic mass is 10.1. The molecule has 0 heterocycles. The minimum atomic E-state index is -3.23. The average Bonchev–Trinajstić information content (AvgIpc) is 2.58. The van der Waals surface area contributed by atoms with Gasteiger partial charge in [0.15, 0.2) is 9.84 Å². The van der Waals surface area contributed by atoms with Gasteiger partial charge in [0.1, 0.15) is 0 Å². The van der Waals surface area contributed by atoms with Crippen molar-refractivity contribution < 1.29 is 13.2 Å². The molecule has 5 nitrogen and oxygen atoms in total. The molecule has 132 valence electrons. The maximum Gasteiger partial charge on any atom is 0.250 e. The lowest BCUT2D eigenvalue weighted by Gasteiger charge is -2.04. The monoisotopic (exact) mass is 396 g/mol. The molecule has 0 saturated carbocycles. The minimum Gasteiger partial charge on any atom is -0.272 e. The van der Waals surface area contributed by atoms with Crippen molar-refractivity contribution >= 4 is 44.8 Å². The largest absolute Gasteiger partial charge is 0.272 e. The fourth-order valence-electron chi connectivity index (χ4n) is 1.87. The van der Waals surface area contributed by atoms with E-state index >= 15 is 0 Å². The van der Waals surface area contributed by atoms with Crippen LogP contribution < -0.4 is 5.43 Å². The van der Waals surface area contributed by atoms with Gasteiger partial charge in [-0.25, -0.2) is 13.8 Å². The van der Waals surface area contributed by atoms with Gasteiger partial charge in [-0.1, -0.05) is 23.7 Å². The van der Waals surface area contributed by atoms with Crippen LogP contribution in [0.5, 0.6) is 0 Å². The molecule has 0 aliphatic heterocycles. The molecule has 0 unspecified atom stereocenters. The van der Waals surface area contributed by atoms with Gasteiger partial charge in [0.05, 0.1) is 16.4 Å². The molecule has 0 aliphatic rings. The Bertz CT molecular complexity index is 877. The summed E-state index contributed by atoms with van der Waals surface area (Å²) in [5, 5.41) is 4.69. The Balaban J connectivity index is 1.91. The summed E-state index contributed by atoms with van der Waals surface area (Å²) in [5.41, 5.74) is 3.81. The number of carbonyl (C=O) groups excluding carboxylic acids is 1. The molecule has 0 aromatic heterocycles. The summed E-state index contributed by atoms with van der Waals surface area (Å²) in [6.07, 6.45) is 1.15. The van der Waals surface area contributed by atoms with Gasteiger partial charge in [0, 0.05) is 16.2 Å². The fourth-order valence-corrected chi connectivity index (χ4v) is 3.31. The van der Waals surface area contributed by atoms with Crippen molar-refractivity contribution in [1.82, 2.24) is 5.43 Å². The predicted molar refractivity (Wildman–Crippen MR) is 102 cm³/mol. The molecule has 0 bridgehead atoms. The third kappa shape index (κ3) is 6.19. The first-order chi connectivity index (χ1) is 11.8. The Kier molecular flexibility index (Phi) is 6.64. The molecule has 8 heteroatoms. The van der Waals surface area contributed by atoms with Crippen molar-refractivity contribution in [1.29, 1.82) is 0 Å². The molecule has 0 radical (unpaired) electrons. The van der Waals surface area contributed by atoms with Crippen LogP contribution in [-0.4, -0.2) is 32.0 Å². The molecule has 0 aliphatic carbocycles. The summed E-state index contributed by atoms with van der Waals surface area (Å²) in [5.74, 6) is -0.00197. The molecule has 0 spiro atoms. The second-order valence-electron chi connectivity index (χ2n) is 5.27. The average molecular weight is 397 g/mol. The second kappa shape index (κ2) is 8.51. The van der Waals surface area contributed by atoms with Gasteiger partial charge < -0.3 is 0 Å². The molecule has 2 aromatic carbocycles. The molecular formula is C17H17ClN2O3S2. The highest BCUT2D eigenvalue weighted by atomic mass is 35.5. The van der Waals surface area contributed by atoms with Crippen LogP contribution in [0.15, 0.2) is 63.4 Å². The number of hydrogen-bond acceptors (Lipinski definition) is 5. The Hall–Kier alpha value is -1.83. The molecule has 0 saturated heterocycles. The van der Waals surface area contributed by atoms with Crippen LogP contribution in [0.1, 0.15) is 12.5 Å². The normalized spacial score (nSPS) is 12.0. The number of halogens is 1. The summed E-state index contributed by atoms with van der Waals surface area (Å²) in [4.78, 5) is 13.0. The van der Waals surface area contributed by atoms with Crippen LogP contribution >= 0.6 is 23.4 Å². The van der Waals surface area contributed by atoms with Crippen LogP contribution in [-0.2, 0) is 14.6 Å². The maximum atomic E-state index is 11.9. The number of nitrogens with one attached hydrogen (secondary N) is 1. The SMILES string of the molecule is C/C(=N/NC(=O)CSc1ccc(Cl)cc1)c1ccc(S(C)(=O)=O)cc1. The number of sulfone groups is 1. The van der Waals surface area contributed by atoms with E-state index in [9.17, 15) is 13.2 Å². The minimum absolute atomic E-state index is 0.228. The van der Waals surface area contributed by atoms with E-state index in [4.69, 9.17) is 11.6 Å². The highest BCUT2D eigenvalue weighted by Gasteiger charge is 2.07. The zero-order valence-corrected chi connectivity index (χ0v) is 16.1. The Labute approximate surface area is 156 Å². The van der Waals surface area contributed by atoms with E-state index in [-0.39, 0.29) is 16.6 Å². The fraction of sp³-hybridized carbons (Fsp3) is 0.176. The van der Waals surface area contributed by atoms with Gasteiger partial charge in [0.2, 0.25) is 5.91 Å². The zero-order chi connectivity index (χ0) is 18.4. The molecule has 0 atom stereocenters. The highest BCUT2D eigenvalue weighted by Crippen LogP contribution is 2.19. The zero-order valence-electron chi connectivity index (χ0n) is 13.7. The van der Waals surface area contributed by atoms with Crippen molar-refractivity contribution in [3.05, 3.63) is 59.1 Å². The number of rotatable bonds is 6. The summed E-state index contributed by atoms with van der Waals surface area (Å²) >= 11 is 7.19. The summed E-state index contributed by atoms with van der Waals surface area (Å²) < 4.78 is 22.9. The van der Waals surface area contributed by atoms with Crippen molar-refractivity contribution in [2.75, 3.05) is 12.0 Å². The van der Waals surface area contributed by atoms with Gasteiger partial charge in [-0.2, -0.15) is 5.10 Å². The van der Waals surface area contributed by atoms with E-state index < -0.39 is 9.84 Å². The van der Waals surface area contributed by atoms with Crippen molar-refractivity contribution in [3.8, 4) is 0 Å². The van der Waals surface area contributed by atoms with Crippen LogP contribution in [0, 0.1) is 0 Å². The lowest BCUT2D eigenvalue weighted by molar-refractivity contribution is -0.118. The van der Waals surface area contributed by atoms with Crippen LogP contribution in [0.4, 0.5) is 0 Å². The molecule has 25 heavy (non-hydrogen) atoms. The van der Waals surface area contributed by atoms with Crippen molar-refractivity contribution in [2.45, 2.75) is 16.7 Å². The number of carbonyl (C=O) groups is 1. The third-order valence-corrected chi connectivity index (χ3v) is 5.62.